The molecule has 0 saturated heterocycles. The minimum Gasteiger partial charge on any atom is -0.497 e. The van der Waals surface area contributed by atoms with Gasteiger partial charge in [0, 0.05) is 29.1 Å². The number of sulfonamides is 1. The quantitative estimate of drug-likeness (QED) is 0.159. The fourth-order valence-electron chi connectivity index (χ4n) is 4.82. The number of benzene rings is 4. The van der Waals surface area contributed by atoms with Crippen molar-refractivity contribution in [2.45, 2.75) is 50.2 Å². The van der Waals surface area contributed by atoms with Gasteiger partial charge in [-0.1, -0.05) is 78.7 Å². The number of nitrogens with one attached hydrogen (secondary N) is 1. The Kier molecular flexibility index (Phi) is 12.1. The summed E-state index contributed by atoms with van der Waals surface area (Å²) in [7, 11) is -2.79. The van der Waals surface area contributed by atoms with Crippen LogP contribution in [-0.2, 0) is 32.6 Å². The zero-order valence-corrected chi connectivity index (χ0v) is 28.2. The number of hydrogen-bond donors (Lipinski definition) is 1. The van der Waals surface area contributed by atoms with Crippen molar-refractivity contribution in [1.82, 2.24) is 10.2 Å². The third kappa shape index (κ3) is 9.02. The van der Waals surface area contributed by atoms with E-state index in [0.29, 0.717) is 22.2 Å². The Labute approximate surface area is 280 Å². The summed E-state index contributed by atoms with van der Waals surface area (Å²) in [6, 6.07) is 27.4. The molecule has 0 saturated carbocycles. The number of ether oxygens (including phenoxy) is 1. The molecule has 0 fully saturated rings. The molecular formula is C35H37Cl2N3O5S. The zero-order valence-electron chi connectivity index (χ0n) is 25.9. The van der Waals surface area contributed by atoms with Gasteiger partial charge in [-0.3, -0.25) is 13.9 Å². The lowest BCUT2D eigenvalue weighted by Crippen LogP contribution is -2.54. The molecule has 1 N–H and O–H groups in total. The fraction of sp³-hybridized carbons (Fsp3) is 0.257. The van der Waals surface area contributed by atoms with Crippen LogP contribution in [0.25, 0.3) is 0 Å². The molecule has 0 heterocycles. The molecule has 242 valence electrons. The lowest BCUT2D eigenvalue weighted by molar-refractivity contribution is -0.140. The summed E-state index contributed by atoms with van der Waals surface area (Å²) in [4.78, 5) is 29.8. The zero-order chi connectivity index (χ0) is 33.3. The molecule has 11 heteroatoms. The van der Waals surface area contributed by atoms with Crippen molar-refractivity contribution in [2.75, 3.05) is 18.0 Å². The van der Waals surface area contributed by atoms with E-state index in [1.54, 1.807) is 42.5 Å². The summed E-state index contributed by atoms with van der Waals surface area (Å²) in [6.45, 7) is 3.30. The average molecular weight is 683 g/mol. The number of methoxy groups -OCH3 is 1. The number of hydrogen-bond acceptors (Lipinski definition) is 5. The van der Waals surface area contributed by atoms with Gasteiger partial charge in [0.15, 0.2) is 0 Å². The molecule has 4 rings (SSSR count). The van der Waals surface area contributed by atoms with Crippen LogP contribution in [0.15, 0.2) is 108 Å². The van der Waals surface area contributed by atoms with Crippen LogP contribution in [0.3, 0.4) is 0 Å². The summed E-state index contributed by atoms with van der Waals surface area (Å²) < 4.78 is 34.5. The number of anilines is 1. The Morgan fingerprint density at radius 2 is 1.52 bits per heavy atom. The topological polar surface area (TPSA) is 96.0 Å². The minimum absolute atomic E-state index is 0.0351. The number of rotatable bonds is 14. The van der Waals surface area contributed by atoms with Gasteiger partial charge in [0.25, 0.3) is 10.0 Å². The third-order valence-corrected chi connectivity index (χ3v) is 9.84. The second-order valence-corrected chi connectivity index (χ2v) is 13.6. The molecule has 0 radical (unpaired) electrons. The monoisotopic (exact) mass is 681 g/mol. The molecule has 0 aliphatic rings. The van der Waals surface area contributed by atoms with Gasteiger partial charge < -0.3 is 15.0 Å². The van der Waals surface area contributed by atoms with Crippen LogP contribution in [-0.4, -0.2) is 50.9 Å². The van der Waals surface area contributed by atoms with Crippen molar-refractivity contribution in [3.8, 4) is 5.75 Å². The highest BCUT2D eigenvalue weighted by molar-refractivity contribution is 7.92. The largest absolute Gasteiger partial charge is 0.497 e. The maximum atomic E-state index is 14.5. The molecule has 46 heavy (non-hydrogen) atoms. The van der Waals surface area contributed by atoms with Gasteiger partial charge in [-0.25, -0.2) is 8.42 Å². The predicted molar refractivity (Wildman–Crippen MR) is 183 cm³/mol. The summed E-state index contributed by atoms with van der Waals surface area (Å²) in [6.07, 6.45) is 0.905. The standard InChI is InChI=1S/C35H37Cl2N3O5S/c1-4-25(2)38-35(42)33(21-26-9-6-5-7-10-26)39(23-27-13-15-28(36)16-14-27)34(41)24-40(30-12-8-11-29(37)22-30)46(43,44)32-19-17-31(45-3)18-20-32/h5-20,22,25,33H,4,21,23-24H2,1-3H3,(H,38,42)/t25-,33-/m1/s1. The van der Waals surface area contributed by atoms with E-state index in [9.17, 15) is 18.0 Å². The summed E-state index contributed by atoms with van der Waals surface area (Å²) >= 11 is 12.4. The smallest absolute Gasteiger partial charge is 0.264 e. The van der Waals surface area contributed by atoms with Gasteiger partial charge in [-0.2, -0.15) is 0 Å². The molecule has 4 aromatic rings. The fourth-order valence-corrected chi connectivity index (χ4v) is 6.53. The Balaban J connectivity index is 1.80. The second kappa shape index (κ2) is 16.0. The van der Waals surface area contributed by atoms with E-state index in [0.717, 1.165) is 15.4 Å². The van der Waals surface area contributed by atoms with Crippen LogP contribution in [0.5, 0.6) is 5.75 Å². The van der Waals surface area contributed by atoms with Crippen LogP contribution >= 0.6 is 23.2 Å². The first-order chi connectivity index (χ1) is 22.0. The van der Waals surface area contributed by atoms with E-state index in [2.05, 4.69) is 5.32 Å². The van der Waals surface area contributed by atoms with Crippen LogP contribution in [0, 0.1) is 0 Å². The van der Waals surface area contributed by atoms with E-state index in [1.807, 2.05) is 44.2 Å². The molecule has 8 nitrogen and oxygen atoms in total. The highest BCUT2D eigenvalue weighted by Gasteiger charge is 2.35. The molecular weight excluding hydrogens is 645 g/mol. The molecule has 2 amide bonds. The molecule has 4 aromatic carbocycles. The maximum Gasteiger partial charge on any atom is 0.264 e. The van der Waals surface area contributed by atoms with Crippen molar-refractivity contribution < 1.29 is 22.7 Å². The van der Waals surface area contributed by atoms with Gasteiger partial charge in [0.1, 0.15) is 18.3 Å². The van der Waals surface area contributed by atoms with Crippen LogP contribution < -0.4 is 14.4 Å². The van der Waals surface area contributed by atoms with Gasteiger partial charge in [0.05, 0.1) is 17.7 Å². The highest BCUT2D eigenvalue weighted by atomic mass is 35.5. The van der Waals surface area contributed by atoms with Gasteiger partial charge in [-0.05, 0) is 79.1 Å². The first-order valence-corrected chi connectivity index (χ1v) is 17.0. The molecule has 0 unspecified atom stereocenters. The van der Waals surface area contributed by atoms with E-state index >= 15 is 0 Å². The normalized spacial score (nSPS) is 12.5. The minimum atomic E-state index is -4.28. The molecule has 2 atom stereocenters. The van der Waals surface area contributed by atoms with E-state index < -0.39 is 28.5 Å². The van der Waals surface area contributed by atoms with Gasteiger partial charge in [0.2, 0.25) is 11.8 Å². The number of carbonyl (C=O) groups excluding carboxylic acids is 2. The van der Waals surface area contributed by atoms with Crippen molar-refractivity contribution in [2.24, 2.45) is 0 Å². The predicted octanol–water partition coefficient (Wildman–Crippen LogP) is 6.75. The Hall–Kier alpha value is -4.05. The number of amides is 2. The van der Waals surface area contributed by atoms with E-state index in [-0.39, 0.29) is 35.5 Å². The second-order valence-electron chi connectivity index (χ2n) is 10.8. The number of carbonyl (C=O) groups is 2. The Morgan fingerprint density at radius 3 is 2.13 bits per heavy atom. The molecule has 0 bridgehead atoms. The van der Waals surface area contributed by atoms with Crippen LogP contribution in [0.4, 0.5) is 5.69 Å². The Bertz CT molecular complexity index is 1720. The Morgan fingerprint density at radius 1 is 0.848 bits per heavy atom. The highest BCUT2D eigenvalue weighted by Crippen LogP contribution is 2.28. The maximum absolute atomic E-state index is 14.5. The third-order valence-electron chi connectivity index (χ3n) is 7.56. The van der Waals surface area contributed by atoms with Gasteiger partial charge in [-0.15, -0.1) is 0 Å². The first-order valence-electron chi connectivity index (χ1n) is 14.8. The molecule has 0 aliphatic carbocycles. The van der Waals surface area contributed by atoms with E-state index in [4.69, 9.17) is 27.9 Å². The molecule has 0 aromatic heterocycles. The molecule has 0 spiro atoms. The van der Waals surface area contributed by atoms with Crippen molar-refractivity contribution in [3.05, 3.63) is 124 Å². The van der Waals surface area contributed by atoms with Crippen LogP contribution in [0.2, 0.25) is 10.0 Å². The van der Waals surface area contributed by atoms with Crippen LogP contribution in [0.1, 0.15) is 31.4 Å². The van der Waals surface area contributed by atoms with Crippen molar-refractivity contribution in [3.63, 3.8) is 0 Å². The summed E-state index contributed by atoms with van der Waals surface area (Å²) in [5, 5.41) is 3.85. The average Bonchev–Trinajstić information content (AvgIpc) is 3.06. The van der Waals surface area contributed by atoms with Crippen molar-refractivity contribution in [1.29, 1.82) is 0 Å². The SMILES string of the molecule is CC[C@@H](C)NC(=O)[C@@H](Cc1ccccc1)N(Cc1ccc(Cl)cc1)C(=O)CN(c1cccc(Cl)c1)S(=O)(=O)c1ccc(OC)cc1. The van der Waals surface area contributed by atoms with E-state index in [1.165, 1.54) is 42.3 Å². The van der Waals surface area contributed by atoms with Crippen molar-refractivity contribution >= 4 is 50.7 Å². The lowest BCUT2D eigenvalue weighted by Gasteiger charge is -2.34. The lowest BCUT2D eigenvalue weighted by atomic mass is 10.0. The molecule has 0 aliphatic heterocycles. The first kappa shape index (κ1) is 34.8. The number of halogens is 2. The summed E-state index contributed by atoms with van der Waals surface area (Å²) in [5.41, 5.74) is 1.77. The number of nitrogens with zero attached hydrogens (tertiary/aromatic N) is 2. The van der Waals surface area contributed by atoms with Gasteiger partial charge >= 0.3 is 0 Å². The summed E-state index contributed by atoms with van der Waals surface area (Å²) in [5.74, 6) is -0.436.